The summed E-state index contributed by atoms with van der Waals surface area (Å²) in [4.78, 5) is 11.8. The predicted molar refractivity (Wildman–Crippen MR) is 99.4 cm³/mol. The molecule has 0 atom stereocenters. The lowest BCUT2D eigenvalue weighted by atomic mass is 9.94. The topological polar surface area (TPSA) is 59.6 Å². The lowest BCUT2D eigenvalue weighted by molar-refractivity contribution is 0.0526. The second kappa shape index (κ2) is 8.99. The minimum atomic E-state index is -0.326. The molecule has 6 heteroatoms. The van der Waals surface area contributed by atoms with E-state index in [4.69, 9.17) is 21.7 Å². The first kappa shape index (κ1) is 18.7. The molecular formula is C18H26N2O3S. The van der Waals surface area contributed by atoms with E-state index in [2.05, 4.69) is 10.6 Å². The number of rotatable bonds is 7. The first-order chi connectivity index (χ1) is 11.6. The summed E-state index contributed by atoms with van der Waals surface area (Å²) >= 11 is 5.48. The van der Waals surface area contributed by atoms with Gasteiger partial charge in [-0.3, -0.25) is 0 Å². The molecule has 5 nitrogen and oxygen atoms in total. The van der Waals surface area contributed by atoms with E-state index in [1.807, 2.05) is 12.1 Å². The van der Waals surface area contributed by atoms with E-state index in [0.29, 0.717) is 23.9 Å². The largest absolute Gasteiger partial charge is 0.462 e. The lowest BCUT2D eigenvalue weighted by Crippen LogP contribution is -2.48. The number of thiocarbonyl (C=S) groups is 1. The Kier molecular flexibility index (Phi) is 6.99. The highest BCUT2D eigenvalue weighted by Gasteiger charge is 2.33. The second-order valence-electron chi connectivity index (χ2n) is 6.11. The zero-order valence-electron chi connectivity index (χ0n) is 14.4. The molecular weight excluding hydrogens is 324 g/mol. The predicted octanol–water partition coefficient (Wildman–Crippen LogP) is 3.50. The molecule has 1 fully saturated rings. The van der Waals surface area contributed by atoms with Gasteiger partial charge in [-0.25, -0.2) is 4.79 Å². The van der Waals surface area contributed by atoms with Crippen LogP contribution in [0.15, 0.2) is 24.3 Å². The Hall–Kier alpha value is -1.66. The van der Waals surface area contributed by atoms with E-state index in [9.17, 15) is 4.79 Å². The van der Waals surface area contributed by atoms with Crippen molar-refractivity contribution in [2.75, 3.05) is 25.6 Å². The van der Waals surface area contributed by atoms with Gasteiger partial charge in [0.05, 0.1) is 12.2 Å². The van der Waals surface area contributed by atoms with Gasteiger partial charge in [-0.1, -0.05) is 18.9 Å². The number of methoxy groups -OCH3 is 1. The van der Waals surface area contributed by atoms with Crippen LogP contribution in [0.2, 0.25) is 0 Å². The van der Waals surface area contributed by atoms with Crippen LogP contribution in [0.4, 0.5) is 5.69 Å². The molecule has 0 radical (unpaired) electrons. The van der Waals surface area contributed by atoms with E-state index >= 15 is 0 Å². The van der Waals surface area contributed by atoms with Gasteiger partial charge in [-0.05, 0) is 56.6 Å². The van der Waals surface area contributed by atoms with Crippen molar-refractivity contribution in [1.29, 1.82) is 0 Å². The standard InChI is InChI=1S/C18H26N2O3S/c1-3-23-16(21)14-7-6-8-15(13-14)19-17(24)20-18(11-12-22-2)9-4-5-10-18/h6-8,13H,3-5,9-12H2,1-2H3,(H2,19,20,24). The van der Waals surface area contributed by atoms with Crippen LogP contribution < -0.4 is 10.6 Å². The van der Waals surface area contributed by atoms with E-state index < -0.39 is 0 Å². The fraction of sp³-hybridized carbons (Fsp3) is 0.556. The number of hydrogen-bond donors (Lipinski definition) is 2. The van der Waals surface area contributed by atoms with Crippen LogP contribution in [-0.4, -0.2) is 36.9 Å². The van der Waals surface area contributed by atoms with Crippen LogP contribution >= 0.6 is 12.2 Å². The number of esters is 1. The SMILES string of the molecule is CCOC(=O)c1cccc(NC(=S)NC2(CCOC)CCCC2)c1. The van der Waals surface area contributed by atoms with Gasteiger partial charge >= 0.3 is 5.97 Å². The van der Waals surface area contributed by atoms with Crippen LogP contribution in [-0.2, 0) is 9.47 Å². The summed E-state index contributed by atoms with van der Waals surface area (Å²) in [7, 11) is 1.72. The first-order valence-corrected chi connectivity index (χ1v) is 8.85. The van der Waals surface area contributed by atoms with Crippen molar-refractivity contribution in [3.63, 3.8) is 0 Å². The molecule has 1 aromatic carbocycles. The molecule has 1 aromatic rings. The third kappa shape index (κ3) is 5.18. The first-order valence-electron chi connectivity index (χ1n) is 8.44. The van der Waals surface area contributed by atoms with Crippen LogP contribution in [0.1, 0.15) is 49.4 Å². The van der Waals surface area contributed by atoms with Gasteiger partial charge in [0.15, 0.2) is 5.11 Å². The third-order valence-corrected chi connectivity index (χ3v) is 4.56. The highest BCUT2D eigenvalue weighted by molar-refractivity contribution is 7.80. The average Bonchev–Trinajstić information content (AvgIpc) is 3.02. The lowest BCUT2D eigenvalue weighted by Gasteiger charge is -2.31. The van der Waals surface area contributed by atoms with Crippen LogP contribution in [0, 0.1) is 0 Å². The molecule has 0 saturated heterocycles. The Morgan fingerprint density at radius 2 is 2.08 bits per heavy atom. The third-order valence-electron chi connectivity index (χ3n) is 4.36. The Bertz CT molecular complexity index is 571. The fourth-order valence-corrected chi connectivity index (χ4v) is 3.46. The number of hydrogen-bond acceptors (Lipinski definition) is 4. The number of nitrogens with one attached hydrogen (secondary N) is 2. The molecule has 24 heavy (non-hydrogen) atoms. The van der Waals surface area contributed by atoms with E-state index in [1.54, 1.807) is 26.2 Å². The van der Waals surface area contributed by atoms with Crippen molar-refractivity contribution >= 4 is 29.0 Å². The number of ether oxygens (including phenoxy) is 2. The molecule has 2 N–H and O–H groups in total. The summed E-state index contributed by atoms with van der Waals surface area (Å²) in [6.07, 6.45) is 5.55. The van der Waals surface area contributed by atoms with Crippen molar-refractivity contribution < 1.29 is 14.3 Å². The number of benzene rings is 1. The summed E-state index contributed by atoms with van der Waals surface area (Å²) in [5.41, 5.74) is 1.30. The molecule has 1 aliphatic rings. The van der Waals surface area contributed by atoms with Crippen molar-refractivity contribution in [3.8, 4) is 0 Å². The molecule has 0 heterocycles. The Labute approximate surface area is 149 Å². The zero-order chi connectivity index (χ0) is 17.4. The Balaban J connectivity index is 1.98. The maximum atomic E-state index is 11.8. The Morgan fingerprint density at radius 1 is 1.33 bits per heavy atom. The summed E-state index contributed by atoms with van der Waals surface area (Å²) in [6, 6.07) is 7.18. The van der Waals surface area contributed by atoms with Crippen molar-refractivity contribution in [3.05, 3.63) is 29.8 Å². The molecule has 0 bridgehead atoms. The average molecular weight is 350 g/mol. The maximum absolute atomic E-state index is 11.8. The van der Waals surface area contributed by atoms with Crippen molar-refractivity contribution in [1.82, 2.24) is 5.32 Å². The molecule has 0 spiro atoms. The fourth-order valence-electron chi connectivity index (χ4n) is 3.13. The molecule has 1 saturated carbocycles. The van der Waals surface area contributed by atoms with Gasteiger partial charge in [0.1, 0.15) is 0 Å². The summed E-state index contributed by atoms with van der Waals surface area (Å²) < 4.78 is 10.3. The van der Waals surface area contributed by atoms with E-state index in [-0.39, 0.29) is 11.5 Å². The zero-order valence-corrected chi connectivity index (χ0v) is 15.2. The molecule has 0 aliphatic heterocycles. The molecule has 0 amide bonds. The number of carbonyl (C=O) groups is 1. The smallest absolute Gasteiger partial charge is 0.338 e. The van der Waals surface area contributed by atoms with Gasteiger partial charge in [0.25, 0.3) is 0 Å². The minimum Gasteiger partial charge on any atom is -0.462 e. The Morgan fingerprint density at radius 3 is 2.75 bits per heavy atom. The summed E-state index contributed by atoms with van der Waals surface area (Å²) in [5.74, 6) is -0.326. The molecule has 0 aromatic heterocycles. The molecule has 2 rings (SSSR count). The molecule has 1 aliphatic carbocycles. The monoisotopic (exact) mass is 350 g/mol. The quantitative estimate of drug-likeness (QED) is 0.580. The van der Waals surface area contributed by atoms with Gasteiger partial charge in [-0.15, -0.1) is 0 Å². The minimum absolute atomic E-state index is 0.0127. The van der Waals surface area contributed by atoms with E-state index in [1.165, 1.54) is 12.8 Å². The molecule has 0 unspecified atom stereocenters. The van der Waals surface area contributed by atoms with Crippen molar-refractivity contribution in [2.24, 2.45) is 0 Å². The van der Waals surface area contributed by atoms with Gasteiger partial charge < -0.3 is 20.1 Å². The number of carbonyl (C=O) groups excluding carboxylic acids is 1. The highest BCUT2D eigenvalue weighted by atomic mass is 32.1. The summed E-state index contributed by atoms with van der Waals surface area (Å²) in [6.45, 7) is 2.87. The van der Waals surface area contributed by atoms with Gasteiger partial charge in [0, 0.05) is 24.9 Å². The summed E-state index contributed by atoms with van der Waals surface area (Å²) in [5, 5.41) is 7.23. The maximum Gasteiger partial charge on any atom is 0.338 e. The van der Waals surface area contributed by atoms with E-state index in [0.717, 1.165) is 24.9 Å². The van der Waals surface area contributed by atoms with Crippen molar-refractivity contribution in [2.45, 2.75) is 44.6 Å². The second-order valence-corrected chi connectivity index (χ2v) is 6.52. The molecule has 132 valence electrons. The normalized spacial score (nSPS) is 15.8. The van der Waals surface area contributed by atoms with Crippen LogP contribution in [0.25, 0.3) is 0 Å². The van der Waals surface area contributed by atoms with Crippen LogP contribution in [0.5, 0.6) is 0 Å². The highest BCUT2D eigenvalue weighted by Crippen LogP contribution is 2.32. The van der Waals surface area contributed by atoms with Gasteiger partial charge in [0.2, 0.25) is 0 Å². The van der Waals surface area contributed by atoms with Gasteiger partial charge in [-0.2, -0.15) is 0 Å². The number of anilines is 1. The van der Waals surface area contributed by atoms with Crippen LogP contribution in [0.3, 0.4) is 0 Å².